The Balaban J connectivity index is 2.99. The molecule has 0 aliphatic rings. The molecular weight excluding hydrogens is 227 g/mol. The van der Waals surface area contributed by atoms with E-state index in [0.29, 0.717) is 0 Å². The third kappa shape index (κ3) is 2.20. The molecule has 0 spiro atoms. The second-order valence-corrected chi connectivity index (χ2v) is 4.55. The van der Waals surface area contributed by atoms with Crippen LogP contribution in [0, 0.1) is 5.82 Å². The SMILES string of the molecule is Fc1ccc([Se](F)(F)F)cc1. The topological polar surface area (TPSA) is 0 Å². The molecule has 0 fully saturated rings. The molecule has 0 heterocycles. The molecular formula is C6H4F4Se. The predicted octanol–water partition coefficient (Wildman–Crippen LogP) is 1.88. The van der Waals surface area contributed by atoms with Crippen LogP contribution in [0.15, 0.2) is 24.3 Å². The Morgan fingerprint density at radius 1 is 0.909 bits per heavy atom. The summed E-state index contributed by atoms with van der Waals surface area (Å²) in [6.07, 6.45) is 0. The Morgan fingerprint density at radius 2 is 1.36 bits per heavy atom. The minimum atomic E-state index is -5.89. The van der Waals surface area contributed by atoms with E-state index >= 15 is 0 Å². The van der Waals surface area contributed by atoms with Gasteiger partial charge in [-0.05, 0) is 0 Å². The van der Waals surface area contributed by atoms with Crippen molar-refractivity contribution >= 4 is 18.7 Å². The summed E-state index contributed by atoms with van der Waals surface area (Å²) in [6.45, 7) is 0. The molecule has 0 amide bonds. The summed E-state index contributed by atoms with van der Waals surface area (Å²) >= 11 is -5.89. The average Bonchev–Trinajstić information content (AvgIpc) is 1.86. The minimum absolute atomic E-state index is 0.644. The van der Waals surface area contributed by atoms with Crippen molar-refractivity contribution in [2.45, 2.75) is 0 Å². The first-order chi connectivity index (χ1) is 5.00. The second-order valence-electron chi connectivity index (χ2n) is 1.86. The molecule has 11 heavy (non-hydrogen) atoms. The fourth-order valence-corrected chi connectivity index (χ4v) is 1.52. The van der Waals surface area contributed by atoms with Gasteiger partial charge < -0.3 is 0 Å². The Hall–Kier alpha value is -0.541. The average molecular weight is 231 g/mol. The monoisotopic (exact) mass is 232 g/mol. The van der Waals surface area contributed by atoms with E-state index in [0.717, 1.165) is 24.3 Å². The van der Waals surface area contributed by atoms with Gasteiger partial charge in [-0.3, -0.25) is 0 Å². The van der Waals surface area contributed by atoms with E-state index in [1.165, 1.54) is 0 Å². The van der Waals surface area contributed by atoms with E-state index in [1.807, 2.05) is 0 Å². The maximum absolute atomic E-state index is 12.1. The zero-order chi connectivity index (χ0) is 8.48. The van der Waals surface area contributed by atoms with Gasteiger partial charge in [0.1, 0.15) is 0 Å². The van der Waals surface area contributed by atoms with Gasteiger partial charge in [0.25, 0.3) is 0 Å². The Labute approximate surface area is 64.5 Å². The van der Waals surface area contributed by atoms with Gasteiger partial charge in [0.15, 0.2) is 0 Å². The Bertz CT molecular complexity index is 238. The standard InChI is InChI=1S/C6H4F4Se/c7-5-1-3-6(4-2-5)11(8,9)10/h1-4H. The Kier molecular flexibility index (Phi) is 2.20. The van der Waals surface area contributed by atoms with Crippen LogP contribution in [-0.2, 0) is 0 Å². The molecule has 0 aliphatic carbocycles. The van der Waals surface area contributed by atoms with Crippen molar-refractivity contribution < 1.29 is 15.0 Å². The van der Waals surface area contributed by atoms with Gasteiger partial charge in [0.2, 0.25) is 0 Å². The molecule has 0 N–H and O–H groups in total. The molecule has 5 heteroatoms. The van der Waals surface area contributed by atoms with E-state index in [9.17, 15) is 15.0 Å². The van der Waals surface area contributed by atoms with Crippen molar-refractivity contribution in [3.63, 3.8) is 0 Å². The molecule has 0 aliphatic heterocycles. The molecule has 0 aromatic heterocycles. The molecule has 0 nitrogen and oxygen atoms in total. The molecule has 0 saturated carbocycles. The predicted molar refractivity (Wildman–Crippen MR) is 35.1 cm³/mol. The van der Waals surface area contributed by atoms with Crippen molar-refractivity contribution in [1.29, 1.82) is 0 Å². The fourth-order valence-electron chi connectivity index (χ4n) is 0.589. The number of hydrogen-bond acceptors (Lipinski definition) is 0. The number of benzene rings is 1. The van der Waals surface area contributed by atoms with Crippen molar-refractivity contribution in [3.8, 4) is 0 Å². The number of rotatable bonds is 1. The summed E-state index contributed by atoms with van der Waals surface area (Å²) in [4.78, 5) is 0. The Morgan fingerprint density at radius 3 is 1.73 bits per heavy atom. The summed E-state index contributed by atoms with van der Waals surface area (Å²) in [5.41, 5.74) is 0. The maximum atomic E-state index is 12.1. The third-order valence-corrected chi connectivity index (χ3v) is 2.77. The van der Waals surface area contributed by atoms with Crippen LogP contribution in [0.1, 0.15) is 0 Å². The molecule has 0 bridgehead atoms. The van der Waals surface area contributed by atoms with Gasteiger partial charge >= 0.3 is 63.8 Å². The summed E-state index contributed by atoms with van der Waals surface area (Å²) in [6, 6.07) is 3.19. The summed E-state index contributed by atoms with van der Waals surface area (Å²) in [5.74, 6) is -0.644. The van der Waals surface area contributed by atoms with Crippen molar-refractivity contribution in [1.82, 2.24) is 0 Å². The molecule has 0 atom stereocenters. The molecule has 62 valence electrons. The van der Waals surface area contributed by atoms with E-state index in [4.69, 9.17) is 0 Å². The third-order valence-electron chi connectivity index (χ3n) is 1.08. The quantitative estimate of drug-likeness (QED) is 0.511. The van der Waals surface area contributed by atoms with Gasteiger partial charge in [0, 0.05) is 0 Å². The molecule has 0 radical (unpaired) electrons. The van der Waals surface area contributed by atoms with Crippen LogP contribution < -0.4 is 4.46 Å². The van der Waals surface area contributed by atoms with Gasteiger partial charge in [0.05, 0.1) is 0 Å². The molecule has 1 aromatic carbocycles. The first kappa shape index (κ1) is 8.56. The van der Waals surface area contributed by atoms with Crippen molar-refractivity contribution in [3.05, 3.63) is 30.1 Å². The first-order valence-corrected chi connectivity index (χ1v) is 5.48. The molecule has 1 aromatic rings. The summed E-state index contributed by atoms with van der Waals surface area (Å²) in [5, 5.41) is 0. The van der Waals surface area contributed by atoms with Crippen LogP contribution in [0.3, 0.4) is 0 Å². The van der Waals surface area contributed by atoms with Crippen LogP contribution in [0.4, 0.5) is 15.0 Å². The van der Waals surface area contributed by atoms with E-state index in [-0.39, 0.29) is 0 Å². The van der Waals surface area contributed by atoms with Crippen molar-refractivity contribution in [2.75, 3.05) is 0 Å². The fraction of sp³-hybridized carbons (Fsp3) is 0. The van der Waals surface area contributed by atoms with Gasteiger partial charge in [-0.2, -0.15) is 0 Å². The summed E-state index contributed by atoms with van der Waals surface area (Å²) in [7, 11) is 0. The van der Waals surface area contributed by atoms with Gasteiger partial charge in [-0.1, -0.05) is 0 Å². The van der Waals surface area contributed by atoms with Crippen LogP contribution in [0.2, 0.25) is 0 Å². The zero-order valence-corrected chi connectivity index (χ0v) is 6.94. The second kappa shape index (κ2) is 2.83. The molecule has 0 unspecified atom stereocenters. The van der Waals surface area contributed by atoms with E-state index in [2.05, 4.69) is 0 Å². The van der Waals surface area contributed by atoms with Gasteiger partial charge in [-0.25, -0.2) is 0 Å². The first-order valence-electron chi connectivity index (χ1n) is 2.68. The van der Waals surface area contributed by atoms with Crippen LogP contribution >= 0.6 is 0 Å². The number of halogens is 4. The molecule has 0 saturated heterocycles. The van der Waals surface area contributed by atoms with Crippen molar-refractivity contribution in [2.24, 2.45) is 0 Å². The normalized spacial score (nSPS) is 13.1. The van der Waals surface area contributed by atoms with Crippen LogP contribution in [0.5, 0.6) is 0 Å². The summed E-state index contributed by atoms with van der Waals surface area (Å²) < 4.78 is 47.3. The molecule has 1 rings (SSSR count). The number of hydrogen-bond donors (Lipinski definition) is 0. The van der Waals surface area contributed by atoms with Gasteiger partial charge in [-0.15, -0.1) is 0 Å². The van der Waals surface area contributed by atoms with E-state index < -0.39 is 24.5 Å². The van der Waals surface area contributed by atoms with Crippen LogP contribution in [0.25, 0.3) is 0 Å². The van der Waals surface area contributed by atoms with Crippen LogP contribution in [-0.4, -0.2) is 14.2 Å². The van der Waals surface area contributed by atoms with E-state index in [1.54, 1.807) is 0 Å². The zero-order valence-electron chi connectivity index (χ0n) is 5.23.